The third-order valence-corrected chi connectivity index (χ3v) is 4.78. The summed E-state index contributed by atoms with van der Waals surface area (Å²) in [6.07, 6.45) is 0. The average molecular weight is 339 g/mol. The quantitative estimate of drug-likeness (QED) is 0.731. The number of hydrogen-bond acceptors (Lipinski definition) is 2. The van der Waals surface area contributed by atoms with E-state index in [0.29, 0.717) is 17.6 Å². The van der Waals surface area contributed by atoms with E-state index < -0.39 is 5.82 Å². The first-order valence-corrected chi connectivity index (χ1v) is 7.44. The normalized spacial score (nSPS) is 16.1. The molecule has 17 heavy (non-hydrogen) atoms. The Balaban J connectivity index is 2.32. The molecule has 0 N–H and O–H groups in total. The molecule has 0 atom stereocenters. The SMILES string of the molecule is O=C(c1c(F)ccc(Br)c1Cl)N1CCSCC1. The fourth-order valence-corrected chi connectivity index (χ4v) is 3.12. The highest BCUT2D eigenvalue weighted by Crippen LogP contribution is 2.29. The van der Waals surface area contributed by atoms with Crippen LogP contribution in [0.5, 0.6) is 0 Å². The van der Waals surface area contributed by atoms with E-state index in [-0.39, 0.29) is 16.5 Å². The molecule has 1 aromatic carbocycles. The standard InChI is InChI=1S/C11H10BrClFNOS/c12-7-1-2-8(14)9(10(7)13)11(16)15-3-5-17-6-4-15/h1-2H,3-6H2. The highest BCUT2D eigenvalue weighted by atomic mass is 79.9. The van der Waals surface area contributed by atoms with E-state index in [9.17, 15) is 9.18 Å². The van der Waals surface area contributed by atoms with Crippen LogP contribution in [0.2, 0.25) is 5.02 Å². The summed E-state index contributed by atoms with van der Waals surface area (Å²) in [6, 6.07) is 2.75. The molecule has 1 heterocycles. The highest BCUT2D eigenvalue weighted by molar-refractivity contribution is 9.10. The largest absolute Gasteiger partial charge is 0.337 e. The minimum Gasteiger partial charge on any atom is -0.337 e. The predicted octanol–water partition coefficient (Wildman–Crippen LogP) is 3.43. The molecule has 0 unspecified atom stereocenters. The zero-order valence-electron chi connectivity index (χ0n) is 8.88. The van der Waals surface area contributed by atoms with Crippen LogP contribution in [0, 0.1) is 5.82 Å². The Kier molecular flexibility index (Phi) is 4.33. The Morgan fingerprint density at radius 1 is 1.41 bits per heavy atom. The molecule has 2 nitrogen and oxygen atoms in total. The van der Waals surface area contributed by atoms with Crippen molar-refractivity contribution in [3.05, 3.63) is 33.0 Å². The molecule has 2 rings (SSSR count). The number of benzene rings is 1. The first kappa shape index (κ1) is 13.2. The summed E-state index contributed by atoms with van der Waals surface area (Å²) in [5, 5.41) is 0.147. The molecular formula is C11H10BrClFNOS. The predicted molar refractivity (Wildman–Crippen MR) is 72.3 cm³/mol. The van der Waals surface area contributed by atoms with Gasteiger partial charge in [-0.3, -0.25) is 4.79 Å². The first-order chi connectivity index (χ1) is 8.11. The van der Waals surface area contributed by atoms with Gasteiger partial charge >= 0.3 is 0 Å². The van der Waals surface area contributed by atoms with E-state index in [1.54, 1.807) is 16.7 Å². The maximum absolute atomic E-state index is 13.7. The van der Waals surface area contributed by atoms with Gasteiger partial charge in [-0.2, -0.15) is 11.8 Å². The van der Waals surface area contributed by atoms with Crippen LogP contribution in [0.4, 0.5) is 4.39 Å². The summed E-state index contributed by atoms with van der Waals surface area (Å²) >= 11 is 11.0. The van der Waals surface area contributed by atoms with Crippen molar-refractivity contribution in [1.29, 1.82) is 0 Å². The highest BCUT2D eigenvalue weighted by Gasteiger charge is 2.24. The van der Waals surface area contributed by atoms with E-state index in [4.69, 9.17) is 11.6 Å². The van der Waals surface area contributed by atoms with Crippen molar-refractivity contribution in [1.82, 2.24) is 4.90 Å². The van der Waals surface area contributed by atoms with E-state index in [1.807, 2.05) is 0 Å². The molecule has 0 saturated carbocycles. The van der Waals surface area contributed by atoms with Crippen LogP contribution in [0.25, 0.3) is 0 Å². The molecule has 1 amide bonds. The van der Waals surface area contributed by atoms with Gasteiger partial charge < -0.3 is 4.90 Å². The van der Waals surface area contributed by atoms with Crippen molar-refractivity contribution in [2.75, 3.05) is 24.6 Å². The van der Waals surface area contributed by atoms with Crippen LogP contribution >= 0.6 is 39.3 Å². The lowest BCUT2D eigenvalue weighted by atomic mass is 10.2. The summed E-state index contributed by atoms with van der Waals surface area (Å²) in [7, 11) is 0. The van der Waals surface area contributed by atoms with Crippen LogP contribution in [0.1, 0.15) is 10.4 Å². The van der Waals surface area contributed by atoms with Crippen LogP contribution in [0.15, 0.2) is 16.6 Å². The minimum absolute atomic E-state index is 0.0343. The monoisotopic (exact) mass is 337 g/mol. The molecule has 0 aromatic heterocycles. The van der Waals surface area contributed by atoms with Crippen molar-refractivity contribution in [3.8, 4) is 0 Å². The number of amides is 1. The average Bonchev–Trinajstić information content (AvgIpc) is 2.35. The Morgan fingerprint density at radius 2 is 2.06 bits per heavy atom. The van der Waals surface area contributed by atoms with Gasteiger partial charge in [-0.25, -0.2) is 4.39 Å². The zero-order valence-corrected chi connectivity index (χ0v) is 12.0. The second kappa shape index (κ2) is 5.59. The van der Waals surface area contributed by atoms with Gasteiger partial charge in [0.1, 0.15) is 5.82 Å². The molecule has 0 spiro atoms. The molecule has 6 heteroatoms. The van der Waals surface area contributed by atoms with Crippen LogP contribution in [0.3, 0.4) is 0 Å². The lowest BCUT2D eigenvalue weighted by molar-refractivity contribution is 0.0768. The maximum Gasteiger partial charge on any atom is 0.258 e. The van der Waals surface area contributed by atoms with Crippen molar-refractivity contribution in [2.45, 2.75) is 0 Å². The molecule has 92 valence electrons. The summed E-state index contributed by atoms with van der Waals surface area (Å²) in [4.78, 5) is 13.8. The number of carbonyl (C=O) groups is 1. The zero-order chi connectivity index (χ0) is 12.4. The summed E-state index contributed by atoms with van der Waals surface area (Å²) < 4.78 is 14.2. The van der Waals surface area contributed by atoms with Crippen molar-refractivity contribution in [3.63, 3.8) is 0 Å². The summed E-state index contributed by atoms with van der Waals surface area (Å²) in [6.45, 7) is 1.29. The van der Waals surface area contributed by atoms with Gasteiger partial charge in [0.25, 0.3) is 5.91 Å². The number of nitrogens with zero attached hydrogens (tertiary/aromatic N) is 1. The first-order valence-electron chi connectivity index (χ1n) is 5.12. The van der Waals surface area contributed by atoms with Gasteiger partial charge in [0.2, 0.25) is 0 Å². The molecule has 1 saturated heterocycles. The fraction of sp³-hybridized carbons (Fsp3) is 0.364. The minimum atomic E-state index is -0.568. The Bertz CT molecular complexity index is 451. The fourth-order valence-electron chi connectivity index (χ4n) is 1.65. The Morgan fingerprint density at radius 3 is 2.71 bits per heavy atom. The van der Waals surface area contributed by atoms with Crippen LogP contribution < -0.4 is 0 Å². The number of carbonyl (C=O) groups excluding carboxylic acids is 1. The van der Waals surface area contributed by atoms with E-state index in [2.05, 4.69) is 15.9 Å². The molecule has 1 aliphatic rings. The number of halogens is 3. The van der Waals surface area contributed by atoms with Gasteiger partial charge in [0, 0.05) is 29.1 Å². The molecule has 1 aromatic rings. The summed E-state index contributed by atoms with van der Waals surface area (Å²) in [5.41, 5.74) is -0.0343. The topological polar surface area (TPSA) is 20.3 Å². The van der Waals surface area contributed by atoms with Gasteiger partial charge in [0.15, 0.2) is 0 Å². The van der Waals surface area contributed by atoms with Crippen molar-refractivity contribution < 1.29 is 9.18 Å². The Hall–Kier alpha value is -0.260. The van der Waals surface area contributed by atoms with E-state index in [0.717, 1.165) is 11.5 Å². The molecular weight excluding hydrogens is 329 g/mol. The van der Waals surface area contributed by atoms with Crippen molar-refractivity contribution in [2.24, 2.45) is 0 Å². The van der Waals surface area contributed by atoms with Gasteiger partial charge in [-0.15, -0.1) is 0 Å². The van der Waals surface area contributed by atoms with Crippen molar-refractivity contribution >= 4 is 45.2 Å². The molecule has 1 fully saturated rings. The van der Waals surface area contributed by atoms with E-state index in [1.165, 1.54) is 12.1 Å². The second-order valence-corrected chi connectivity index (χ2v) is 6.08. The Labute approximate surface area is 117 Å². The number of rotatable bonds is 1. The number of hydrogen-bond donors (Lipinski definition) is 0. The lowest BCUT2D eigenvalue weighted by Gasteiger charge is -2.27. The smallest absolute Gasteiger partial charge is 0.258 e. The van der Waals surface area contributed by atoms with E-state index >= 15 is 0 Å². The number of thioether (sulfide) groups is 1. The van der Waals surface area contributed by atoms with Gasteiger partial charge in [0.05, 0.1) is 10.6 Å². The van der Waals surface area contributed by atoms with Crippen LogP contribution in [-0.4, -0.2) is 35.4 Å². The van der Waals surface area contributed by atoms with Crippen LogP contribution in [-0.2, 0) is 0 Å². The van der Waals surface area contributed by atoms with Gasteiger partial charge in [-0.05, 0) is 28.1 Å². The lowest BCUT2D eigenvalue weighted by Crippen LogP contribution is -2.38. The third-order valence-electron chi connectivity index (χ3n) is 2.56. The maximum atomic E-state index is 13.7. The molecule has 0 radical (unpaired) electrons. The molecule has 1 aliphatic heterocycles. The second-order valence-electron chi connectivity index (χ2n) is 3.62. The van der Waals surface area contributed by atoms with Gasteiger partial charge in [-0.1, -0.05) is 11.6 Å². The molecule has 0 aliphatic carbocycles. The molecule has 0 bridgehead atoms. The third kappa shape index (κ3) is 2.77. The summed E-state index contributed by atoms with van der Waals surface area (Å²) in [5.74, 6) is 0.883.